The van der Waals surface area contributed by atoms with E-state index in [1.807, 2.05) is 61.0 Å². The van der Waals surface area contributed by atoms with Gasteiger partial charge in [0.05, 0.1) is 23.6 Å². The molecule has 0 atom stereocenters. The number of hydrogen-bond donors (Lipinski definition) is 1. The van der Waals surface area contributed by atoms with Crippen molar-refractivity contribution in [3.05, 3.63) is 94.4 Å². The average Bonchev–Trinajstić information content (AvgIpc) is 3.33. The summed E-state index contributed by atoms with van der Waals surface area (Å²) in [6.07, 6.45) is 0. The molecule has 1 N–H and O–H groups in total. The van der Waals surface area contributed by atoms with E-state index in [-0.39, 0.29) is 5.91 Å². The van der Waals surface area contributed by atoms with E-state index in [1.165, 1.54) is 17.3 Å². The quantitative estimate of drug-likeness (QED) is 0.401. The number of carbonyl (C=O) groups is 1. The smallest absolute Gasteiger partial charge is 0.252 e. The fraction of sp³-hybridized carbons (Fsp3) is 0.250. The van der Waals surface area contributed by atoms with Crippen molar-refractivity contribution in [1.82, 2.24) is 25.2 Å². The minimum atomic E-state index is -0.121. The summed E-state index contributed by atoms with van der Waals surface area (Å²) in [5.41, 5.74) is 4.84. The van der Waals surface area contributed by atoms with Crippen molar-refractivity contribution >= 4 is 17.7 Å². The minimum Gasteiger partial charge on any atom is -0.348 e. The van der Waals surface area contributed by atoms with Crippen LogP contribution >= 0.6 is 11.8 Å². The molecule has 4 rings (SSSR count). The first-order chi connectivity index (χ1) is 15.5. The van der Waals surface area contributed by atoms with Gasteiger partial charge in [-0.2, -0.15) is 10.1 Å². The Labute approximate surface area is 191 Å². The van der Waals surface area contributed by atoms with Crippen LogP contribution < -0.4 is 5.32 Å². The van der Waals surface area contributed by atoms with Gasteiger partial charge in [-0.05, 0) is 38.5 Å². The Morgan fingerprint density at radius 1 is 1.06 bits per heavy atom. The van der Waals surface area contributed by atoms with Crippen LogP contribution in [0, 0.1) is 20.8 Å². The van der Waals surface area contributed by atoms with Gasteiger partial charge in [0.1, 0.15) is 0 Å². The van der Waals surface area contributed by atoms with Gasteiger partial charge in [0.2, 0.25) is 5.89 Å². The molecule has 0 saturated carbocycles. The molecule has 32 heavy (non-hydrogen) atoms. The maximum absolute atomic E-state index is 13.0. The second-order valence-electron chi connectivity index (χ2n) is 7.50. The zero-order chi connectivity index (χ0) is 22.5. The number of nitrogens with zero attached hydrogens (tertiary/aromatic N) is 4. The summed E-state index contributed by atoms with van der Waals surface area (Å²) in [4.78, 5) is 18.1. The van der Waals surface area contributed by atoms with Crippen LogP contribution in [0.5, 0.6) is 0 Å². The molecule has 2 aromatic heterocycles. The number of aromatic nitrogens is 4. The lowest BCUT2D eigenvalue weighted by Crippen LogP contribution is -2.24. The normalized spacial score (nSPS) is 11.0. The zero-order valence-corrected chi connectivity index (χ0v) is 19.1. The van der Waals surface area contributed by atoms with Crippen LogP contribution in [0.2, 0.25) is 0 Å². The summed E-state index contributed by atoms with van der Waals surface area (Å²) in [7, 11) is 0. The number of hydrogen-bond acceptors (Lipinski definition) is 6. The summed E-state index contributed by atoms with van der Waals surface area (Å²) in [5, 5.41) is 11.5. The molecule has 4 aromatic rings. The SMILES string of the molecule is Cc1noc(CSc2ccccc2C(=O)NCc2c(C)nn(Cc3ccccc3)c2C)n1. The summed E-state index contributed by atoms with van der Waals surface area (Å²) in [6.45, 7) is 6.93. The summed E-state index contributed by atoms with van der Waals surface area (Å²) in [6, 6.07) is 17.8. The van der Waals surface area contributed by atoms with Gasteiger partial charge < -0.3 is 9.84 Å². The van der Waals surface area contributed by atoms with Gasteiger partial charge in [0.15, 0.2) is 5.82 Å². The minimum absolute atomic E-state index is 0.121. The molecule has 164 valence electrons. The molecule has 0 saturated heterocycles. The van der Waals surface area contributed by atoms with Gasteiger partial charge in [-0.15, -0.1) is 11.8 Å². The van der Waals surface area contributed by atoms with E-state index >= 15 is 0 Å². The summed E-state index contributed by atoms with van der Waals surface area (Å²) < 4.78 is 7.16. The number of amides is 1. The molecule has 0 aliphatic heterocycles. The van der Waals surface area contributed by atoms with Crippen molar-refractivity contribution in [3.63, 3.8) is 0 Å². The molecule has 2 aromatic carbocycles. The van der Waals surface area contributed by atoms with Crippen LogP contribution in [-0.2, 0) is 18.8 Å². The maximum atomic E-state index is 13.0. The molecule has 8 heteroatoms. The first-order valence-corrected chi connectivity index (χ1v) is 11.4. The van der Waals surface area contributed by atoms with Crippen LogP contribution in [0.4, 0.5) is 0 Å². The molecule has 0 bridgehead atoms. The van der Waals surface area contributed by atoms with Gasteiger partial charge in [0.25, 0.3) is 5.91 Å². The monoisotopic (exact) mass is 447 g/mol. The van der Waals surface area contributed by atoms with E-state index in [4.69, 9.17) is 4.52 Å². The second-order valence-corrected chi connectivity index (χ2v) is 8.51. The Morgan fingerprint density at radius 3 is 2.56 bits per heavy atom. The highest BCUT2D eigenvalue weighted by atomic mass is 32.2. The zero-order valence-electron chi connectivity index (χ0n) is 18.3. The van der Waals surface area contributed by atoms with Crippen molar-refractivity contribution < 1.29 is 9.32 Å². The van der Waals surface area contributed by atoms with Crippen LogP contribution in [0.1, 0.15) is 44.6 Å². The van der Waals surface area contributed by atoms with E-state index in [1.54, 1.807) is 6.92 Å². The third-order valence-electron chi connectivity index (χ3n) is 5.18. The lowest BCUT2D eigenvalue weighted by atomic mass is 10.1. The fourth-order valence-electron chi connectivity index (χ4n) is 3.48. The van der Waals surface area contributed by atoms with Gasteiger partial charge in [-0.3, -0.25) is 9.48 Å². The van der Waals surface area contributed by atoms with E-state index < -0.39 is 0 Å². The Hall–Kier alpha value is -3.39. The lowest BCUT2D eigenvalue weighted by Gasteiger charge is -2.10. The molecule has 1 amide bonds. The highest BCUT2D eigenvalue weighted by Gasteiger charge is 2.16. The topological polar surface area (TPSA) is 85.8 Å². The summed E-state index contributed by atoms with van der Waals surface area (Å²) in [5.74, 6) is 1.53. The van der Waals surface area contributed by atoms with Gasteiger partial charge >= 0.3 is 0 Å². The number of nitrogens with one attached hydrogen (secondary N) is 1. The van der Waals surface area contributed by atoms with Crippen molar-refractivity contribution in [1.29, 1.82) is 0 Å². The Balaban J connectivity index is 1.43. The number of thioether (sulfide) groups is 1. The van der Waals surface area contributed by atoms with Crippen molar-refractivity contribution in [2.24, 2.45) is 0 Å². The van der Waals surface area contributed by atoms with Gasteiger partial charge in [-0.25, -0.2) is 0 Å². The summed E-state index contributed by atoms with van der Waals surface area (Å²) >= 11 is 1.50. The average molecular weight is 448 g/mol. The largest absolute Gasteiger partial charge is 0.348 e. The Kier molecular flexibility index (Phi) is 6.70. The number of carbonyl (C=O) groups excluding carboxylic acids is 1. The molecule has 0 aliphatic carbocycles. The first-order valence-electron chi connectivity index (χ1n) is 10.4. The second kappa shape index (κ2) is 9.82. The Morgan fingerprint density at radius 2 is 1.81 bits per heavy atom. The van der Waals surface area contributed by atoms with Gasteiger partial charge in [-0.1, -0.05) is 47.6 Å². The molecular weight excluding hydrogens is 422 g/mol. The third kappa shape index (κ3) is 5.08. The third-order valence-corrected chi connectivity index (χ3v) is 6.24. The van der Waals surface area contributed by atoms with E-state index in [2.05, 4.69) is 32.7 Å². The maximum Gasteiger partial charge on any atom is 0.252 e. The molecule has 0 fully saturated rings. The molecule has 7 nitrogen and oxygen atoms in total. The van der Waals surface area contributed by atoms with Crippen LogP contribution in [0.3, 0.4) is 0 Å². The molecular formula is C24H25N5O2S. The predicted octanol–water partition coefficient (Wildman–Crippen LogP) is 4.46. The Bertz CT molecular complexity index is 1220. The highest BCUT2D eigenvalue weighted by Crippen LogP contribution is 2.26. The van der Waals surface area contributed by atoms with Crippen LogP contribution in [0.15, 0.2) is 64.0 Å². The number of benzene rings is 2. The molecule has 0 radical (unpaired) electrons. The predicted molar refractivity (Wildman–Crippen MR) is 123 cm³/mol. The van der Waals surface area contributed by atoms with E-state index in [0.717, 1.165) is 21.8 Å². The van der Waals surface area contributed by atoms with Crippen molar-refractivity contribution in [3.8, 4) is 0 Å². The highest BCUT2D eigenvalue weighted by molar-refractivity contribution is 7.98. The van der Waals surface area contributed by atoms with Gasteiger partial charge in [0, 0.05) is 22.7 Å². The lowest BCUT2D eigenvalue weighted by molar-refractivity contribution is 0.0948. The van der Waals surface area contributed by atoms with Crippen molar-refractivity contribution in [2.45, 2.75) is 44.5 Å². The van der Waals surface area contributed by atoms with Crippen LogP contribution in [-0.4, -0.2) is 25.8 Å². The molecule has 0 aliphatic rings. The standard InChI is InChI=1S/C24H25N5O2S/c1-16-21(17(2)29(27-16)14-19-9-5-4-6-10-19)13-25-24(30)20-11-7-8-12-22(20)32-15-23-26-18(3)28-31-23/h4-12H,13-15H2,1-3H3,(H,25,30). The molecule has 2 heterocycles. The first kappa shape index (κ1) is 21.8. The molecule has 0 spiro atoms. The van der Waals surface area contributed by atoms with Crippen molar-refractivity contribution in [2.75, 3.05) is 0 Å². The van der Waals surface area contributed by atoms with E-state index in [0.29, 0.717) is 36.1 Å². The number of aryl methyl sites for hydroxylation is 2. The van der Waals surface area contributed by atoms with Crippen LogP contribution in [0.25, 0.3) is 0 Å². The molecule has 0 unspecified atom stereocenters. The number of rotatable bonds is 8. The fourth-order valence-corrected chi connectivity index (χ4v) is 4.37. The van der Waals surface area contributed by atoms with E-state index in [9.17, 15) is 4.79 Å².